The molecule has 1 radical (unpaired) electrons. The van der Waals surface area contributed by atoms with E-state index in [4.69, 9.17) is 5.11 Å². The Hall–Kier alpha value is -1.75. The zero-order chi connectivity index (χ0) is 15.9. The first-order chi connectivity index (χ1) is 10.6. The van der Waals surface area contributed by atoms with Gasteiger partial charge in [-0.15, -0.1) is 0 Å². The van der Waals surface area contributed by atoms with Crippen molar-refractivity contribution in [2.45, 2.75) is 39.2 Å². The van der Waals surface area contributed by atoms with Gasteiger partial charge < -0.3 is 15.3 Å². The number of aliphatic hydroxyl groups is 1. The quantitative estimate of drug-likeness (QED) is 0.879. The van der Waals surface area contributed by atoms with Gasteiger partial charge in [-0.1, -0.05) is 13.8 Å². The maximum absolute atomic E-state index is 11.8. The van der Waals surface area contributed by atoms with E-state index in [1.54, 1.807) is 0 Å². The summed E-state index contributed by atoms with van der Waals surface area (Å²) in [5.74, 6) is 0.812. The van der Waals surface area contributed by atoms with Crippen molar-refractivity contribution in [1.82, 2.24) is 10.6 Å². The molecule has 2 N–H and O–H groups in total. The minimum Gasteiger partial charge on any atom is -0.394 e. The third-order valence-electron chi connectivity index (χ3n) is 4.27. The fraction of sp³-hybridized carbons (Fsp3) is 0.588. The summed E-state index contributed by atoms with van der Waals surface area (Å²) in [7, 11) is 0. The van der Waals surface area contributed by atoms with Crippen LogP contribution in [0, 0.1) is 5.92 Å². The van der Waals surface area contributed by atoms with Gasteiger partial charge >= 0.3 is 6.03 Å². The number of hydrogen-bond acceptors (Lipinski definition) is 3. The number of nitrogens with zero attached hydrogens (tertiary/aromatic N) is 2. The SMILES string of the molecule is CCC(CO)NC(=O)[N]c1ccc(N2CCC(C)CC2)cc1. The van der Waals surface area contributed by atoms with E-state index in [-0.39, 0.29) is 12.6 Å². The highest BCUT2D eigenvalue weighted by Crippen LogP contribution is 2.24. The van der Waals surface area contributed by atoms with Crippen LogP contribution in [0.3, 0.4) is 0 Å². The van der Waals surface area contributed by atoms with Gasteiger partial charge in [-0.3, -0.25) is 0 Å². The van der Waals surface area contributed by atoms with Crippen LogP contribution >= 0.6 is 0 Å². The van der Waals surface area contributed by atoms with Crippen molar-refractivity contribution in [2.24, 2.45) is 5.92 Å². The predicted octanol–water partition coefficient (Wildman–Crippen LogP) is 2.64. The van der Waals surface area contributed by atoms with Gasteiger partial charge in [0.2, 0.25) is 0 Å². The number of urea groups is 1. The number of hydrogen-bond donors (Lipinski definition) is 2. The molecule has 5 heteroatoms. The van der Waals surface area contributed by atoms with E-state index >= 15 is 0 Å². The van der Waals surface area contributed by atoms with Gasteiger partial charge in [0.25, 0.3) is 0 Å². The van der Waals surface area contributed by atoms with Gasteiger partial charge in [-0.05, 0) is 49.4 Å². The van der Waals surface area contributed by atoms with Gasteiger partial charge in [-0.25, -0.2) is 4.79 Å². The molecule has 0 saturated carbocycles. The lowest BCUT2D eigenvalue weighted by Crippen LogP contribution is -2.39. The first-order valence-electron chi connectivity index (χ1n) is 8.10. The molecule has 0 bridgehead atoms. The lowest BCUT2D eigenvalue weighted by Gasteiger charge is -2.32. The molecule has 1 aliphatic rings. The number of rotatable bonds is 5. The molecule has 2 rings (SSSR count). The number of aliphatic hydroxyl groups excluding tert-OH is 1. The molecule has 0 spiro atoms. The monoisotopic (exact) mass is 304 g/mol. The van der Waals surface area contributed by atoms with Crippen molar-refractivity contribution < 1.29 is 9.90 Å². The second kappa shape index (κ2) is 8.03. The molecule has 121 valence electrons. The van der Waals surface area contributed by atoms with Crippen LogP contribution in [0.4, 0.5) is 16.2 Å². The average molecular weight is 304 g/mol. The highest BCUT2D eigenvalue weighted by atomic mass is 16.3. The van der Waals surface area contributed by atoms with Crippen LogP contribution in [-0.2, 0) is 0 Å². The third kappa shape index (κ3) is 4.63. The van der Waals surface area contributed by atoms with E-state index in [0.717, 1.165) is 19.0 Å². The summed E-state index contributed by atoms with van der Waals surface area (Å²) >= 11 is 0. The molecule has 1 atom stereocenters. The summed E-state index contributed by atoms with van der Waals surface area (Å²) in [6.45, 7) is 6.33. The molecule has 0 aliphatic carbocycles. The number of anilines is 1. The van der Waals surface area contributed by atoms with Crippen LogP contribution in [-0.4, -0.2) is 36.9 Å². The Morgan fingerprint density at radius 1 is 1.36 bits per heavy atom. The molecule has 1 unspecified atom stereocenters. The van der Waals surface area contributed by atoms with E-state index in [0.29, 0.717) is 12.1 Å². The van der Waals surface area contributed by atoms with Crippen molar-refractivity contribution in [1.29, 1.82) is 0 Å². The van der Waals surface area contributed by atoms with Gasteiger partial charge in [-0.2, -0.15) is 5.32 Å². The van der Waals surface area contributed by atoms with Gasteiger partial charge in [0.05, 0.1) is 18.3 Å². The van der Waals surface area contributed by atoms with Crippen molar-refractivity contribution >= 4 is 17.4 Å². The maximum Gasteiger partial charge on any atom is 0.341 e. The van der Waals surface area contributed by atoms with E-state index in [1.165, 1.54) is 18.5 Å². The number of amides is 2. The van der Waals surface area contributed by atoms with Crippen LogP contribution in [0.2, 0.25) is 0 Å². The van der Waals surface area contributed by atoms with Crippen LogP contribution in [0.15, 0.2) is 24.3 Å². The highest BCUT2D eigenvalue weighted by molar-refractivity contribution is 5.79. The molecular weight excluding hydrogens is 278 g/mol. The van der Waals surface area contributed by atoms with E-state index in [1.807, 2.05) is 31.2 Å². The Morgan fingerprint density at radius 3 is 2.55 bits per heavy atom. The van der Waals surface area contributed by atoms with E-state index < -0.39 is 6.03 Å². The van der Waals surface area contributed by atoms with Crippen LogP contribution < -0.4 is 15.5 Å². The topological polar surface area (TPSA) is 66.7 Å². The molecule has 5 nitrogen and oxygen atoms in total. The largest absolute Gasteiger partial charge is 0.394 e. The molecule has 0 aromatic heterocycles. The third-order valence-corrected chi connectivity index (χ3v) is 4.27. The first kappa shape index (κ1) is 16.6. The fourth-order valence-corrected chi connectivity index (χ4v) is 2.61. The molecule has 1 aromatic rings. The fourth-order valence-electron chi connectivity index (χ4n) is 2.61. The number of piperidine rings is 1. The molecular formula is C17H26N3O2. The zero-order valence-electron chi connectivity index (χ0n) is 13.5. The predicted molar refractivity (Wildman–Crippen MR) is 88.5 cm³/mol. The van der Waals surface area contributed by atoms with Crippen molar-refractivity contribution in [3.63, 3.8) is 0 Å². The van der Waals surface area contributed by atoms with E-state index in [2.05, 4.69) is 22.5 Å². The van der Waals surface area contributed by atoms with Crippen molar-refractivity contribution in [3.05, 3.63) is 24.3 Å². The van der Waals surface area contributed by atoms with Crippen molar-refractivity contribution in [3.8, 4) is 0 Å². The highest BCUT2D eigenvalue weighted by Gasteiger charge is 2.16. The second-order valence-electron chi connectivity index (χ2n) is 6.04. The number of carbonyl (C=O) groups excluding carboxylic acids is 1. The number of nitrogens with one attached hydrogen (secondary N) is 1. The van der Waals surface area contributed by atoms with E-state index in [9.17, 15) is 4.79 Å². The summed E-state index contributed by atoms with van der Waals surface area (Å²) < 4.78 is 0. The summed E-state index contributed by atoms with van der Waals surface area (Å²) in [6, 6.07) is 7.14. The molecule has 22 heavy (non-hydrogen) atoms. The normalized spacial score (nSPS) is 17.1. The van der Waals surface area contributed by atoms with Gasteiger partial charge in [0.1, 0.15) is 0 Å². The molecule has 1 fully saturated rings. The van der Waals surface area contributed by atoms with Crippen LogP contribution in [0.1, 0.15) is 33.1 Å². The Labute approximate surface area is 132 Å². The first-order valence-corrected chi connectivity index (χ1v) is 8.10. The lowest BCUT2D eigenvalue weighted by molar-refractivity contribution is 0.217. The minimum atomic E-state index is -0.402. The standard InChI is InChI=1S/C17H26N3O2/c1-3-14(12-21)18-17(22)19-15-4-6-16(7-5-15)20-10-8-13(2)9-11-20/h4-7,13-14,21H,3,8-12H2,1-2H3,(H,18,22). The molecule has 1 aliphatic heterocycles. The Kier molecular flexibility index (Phi) is 6.07. The lowest BCUT2D eigenvalue weighted by atomic mass is 9.99. The maximum atomic E-state index is 11.8. The zero-order valence-corrected chi connectivity index (χ0v) is 13.5. The number of benzene rings is 1. The average Bonchev–Trinajstić information content (AvgIpc) is 2.54. The van der Waals surface area contributed by atoms with Gasteiger partial charge in [0, 0.05) is 18.8 Å². The second-order valence-corrected chi connectivity index (χ2v) is 6.04. The Bertz CT molecular complexity index is 463. The molecule has 2 amide bonds. The van der Waals surface area contributed by atoms with Crippen molar-refractivity contribution in [2.75, 3.05) is 24.6 Å². The minimum absolute atomic E-state index is 0.0654. The van der Waals surface area contributed by atoms with Crippen LogP contribution in [0.5, 0.6) is 0 Å². The number of carbonyl (C=O) groups is 1. The summed E-state index contributed by atoms with van der Waals surface area (Å²) in [6.07, 6.45) is 3.15. The smallest absolute Gasteiger partial charge is 0.341 e. The summed E-state index contributed by atoms with van der Waals surface area (Å²) in [5.41, 5.74) is 1.83. The molecule has 1 aromatic carbocycles. The Morgan fingerprint density at radius 2 is 2.00 bits per heavy atom. The summed E-state index contributed by atoms with van der Waals surface area (Å²) in [4.78, 5) is 14.1. The van der Waals surface area contributed by atoms with Crippen LogP contribution in [0.25, 0.3) is 0 Å². The van der Waals surface area contributed by atoms with Gasteiger partial charge in [0.15, 0.2) is 0 Å². The molecule has 1 heterocycles. The summed E-state index contributed by atoms with van der Waals surface area (Å²) in [5, 5.41) is 15.8. The molecule has 1 saturated heterocycles. The Balaban J connectivity index is 1.87.